The Balaban J connectivity index is 2.91. The zero-order valence-corrected chi connectivity index (χ0v) is 7.39. The number of hydrogen-bond donors (Lipinski definition) is 0. The second kappa shape index (κ2) is 3.67. The predicted molar refractivity (Wildman–Crippen MR) is 44.5 cm³/mol. The predicted octanol–water partition coefficient (Wildman–Crippen LogP) is 2.14. The van der Waals surface area contributed by atoms with Crippen molar-refractivity contribution >= 4 is 11.6 Å². The molecule has 0 amide bonds. The lowest BCUT2D eigenvalue weighted by Crippen LogP contribution is -1.99. The van der Waals surface area contributed by atoms with Crippen LogP contribution >= 0.6 is 11.6 Å². The summed E-state index contributed by atoms with van der Waals surface area (Å²) in [5.74, 6) is 1.58. The highest BCUT2D eigenvalue weighted by Crippen LogP contribution is 2.08. The molecule has 0 saturated carbocycles. The van der Waals surface area contributed by atoms with Crippen molar-refractivity contribution in [1.29, 1.82) is 0 Å². The molecular weight excluding hydrogens is 160 g/mol. The summed E-state index contributed by atoms with van der Waals surface area (Å²) < 4.78 is 0. The second-order valence-electron chi connectivity index (χ2n) is 2.63. The van der Waals surface area contributed by atoms with Gasteiger partial charge in [-0.05, 0) is 6.07 Å². The molecule has 11 heavy (non-hydrogen) atoms. The quantitative estimate of drug-likeness (QED) is 0.634. The lowest BCUT2D eigenvalue weighted by atomic mass is 10.2. The number of nitrogens with zero attached hydrogens (tertiary/aromatic N) is 2. The Labute approximate surface area is 71.6 Å². The molecule has 0 aromatic carbocycles. The van der Waals surface area contributed by atoms with Crippen LogP contribution in [0.3, 0.4) is 0 Å². The van der Waals surface area contributed by atoms with E-state index in [0.717, 1.165) is 11.5 Å². The average molecular weight is 170 g/mol. The van der Waals surface area contributed by atoms with Crippen LogP contribution in [0.15, 0.2) is 6.07 Å². The van der Waals surface area contributed by atoms with Gasteiger partial charge in [0, 0.05) is 5.92 Å². The van der Waals surface area contributed by atoms with Crippen LogP contribution in [0.25, 0.3) is 0 Å². The van der Waals surface area contributed by atoms with Gasteiger partial charge >= 0.3 is 0 Å². The molecule has 0 atom stereocenters. The van der Waals surface area contributed by atoms with Crippen molar-refractivity contribution in [3.63, 3.8) is 0 Å². The van der Waals surface area contributed by atoms with Crippen molar-refractivity contribution in [2.45, 2.75) is 25.6 Å². The summed E-state index contributed by atoms with van der Waals surface area (Å²) in [6.45, 7) is 4.09. The van der Waals surface area contributed by atoms with Crippen LogP contribution in [0.5, 0.6) is 0 Å². The molecule has 0 aliphatic rings. The molecule has 1 aromatic rings. The van der Waals surface area contributed by atoms with Crippen LogP contribution in [0.1, 0.15) is 31.3 Å². The van der Waals surface area contributed by atoms with E-state index in [1.54, 1.807) is 6.07 Å². The third-order valence-electron chi connectivity index (χ3n) is 1.32. The van der Waals surface area contributed by atoms with Gasteiger partial charge in [0.15, 0.2) is 0 Å². The molecule has 3 heteroatoms. The van der Waals surface area contributed by atoms with Gasteiger partial charge in [-0.2, -0.15) is 0 Å². The highest BCUT2D eigenvalue weighted by atomic mass is 35.5. The van der Waals surface area contributed by atoms with Crippen molar-refractivity contribution in [3.8, 4) is 0 Å². The van der Waals surface area contributed by atoms with E-state index in [1.807, 2.05) is 13.8 Å². The highest BCUT2D eigenvalue weighted by Gasteiger charge is 2.02. The summed E-state index contributed by atoms with van der Waals surface area (Å²) in [7, 11) is 0. The minimum absolute atomic E-state index is 0.342. The standard InChI is InChI=1S/C8H10ClN2/c1-6(2)8-10-4-3-7(5-9)11-8/h3,6H,5H2,1-2H3. The van der Waals surface area contributed by atoms with Gasteiger partial charge in [0.2, 0.25) is 0 Å². The van der Waals surface area contributed by atoms with E-state index in [-0.39, 0.29) is 0 Å². The van der Waals surface area contributed by atoms with Crippen molar-refractivity contribution < 1.29 is 0 Å². The van der Waals surface area contributed by atoms with E-state index in [4.69, 9.17) is 11.6 Å². The van der Waals surface area contributed by atoms with E-state index >= 15 is 0 Å². The average Bonchev–Trinajstić information content (AvgIpc) is 2.05. The van der Waals surface area contributed by atoms with Crippen LogP contribution < -0.4 is 0 Å². The Hall–Kier alpha value is -0.630. The molecule has 0 aliphatic heterocycles. The first-order chi connectivity index (χ1) is 5.24. The summed E-state index contributed by atoms with van der Waals surface area (Å²) in [4.78, 5) is 8.21. The third kappa shape index (κ3) is 2.15. The fourth-order valence-corrected chi connectivity index (χ4v) is 0.841. The van der Waals surface area contributed by atoms with Crippen LogP contribution in [0.4, 0.5) is 0 Å². The van der Waals surface area contributed by atoms with Crippen molar-refractivity contribution in [2.75, 3.05) is 0 Å². The van der Waals surface area contributed by atoms with Gasteiger partial charge in [-0.25, -0.2) is 9.97 Å². The molecule has 1 aromatic heterocycles. The first kappa shape index (κ1) is 8.47. The maximum atomic E-state index is 5.59. The second-order valence-corrected chi connectivity index (χ2v) is 2.90. The van der Waals surface area contributed by atoms with Gasteiger partial charge in [-0.1, -0.05) is 13.8 Å². The van der Waals surface area contributed by atoms with Crippen molar-refractivity contribution in [1.82, 2.24) is 9.97 Å². The van der Waals surface area contributed by atoms with E-state index in [0.29, 0.717) is 11.8 Å². The molecular formula is C8H10ClN2. The first-order valence-electron chi connectivity index (χ1n) is 3.54. The minimum Gasteiger partial charge on any atom is -0.236 e. The molecule has 0 saturated heterocycles. The number of rotatable bonds is 2. The SMILES string of the molecule is CC(C)c1n[c]cc(CCl)n1. The Morgan fingerprint density at radius 3 is 2.91 bits per heavy atom. The third-order valence-corrected chi connectivity index (χ3v) is 1.60. The molecule has 1 radical (unpaired) electrons. The van der Waals surface area contributed by atoms with Gasteiger partial charge in [0.1, 0.15) is 5.82 Å². The maximum absolute atomic E-state index is 5.59. The van der Waals surface area contributed by atoms with E-state index in [2.05, 4.69) is 16.2 Å². The fourth-order valence-electron chi connectivity index (χ4n) is 0.704. The number of hydrogen-bond acceptors (Lipinski definition) is 2. The summed E-state index contributed by atoms with van der Waals surface area (Å²) >= 11 is 5.59. The van der Waals surface area contributed by atoms with Crippen LogP contribution in [-0.4, -0.2) is 9.97 Å². The van der Waals surface area contributed by atoms with Gasteiger partial charge in [-0.15, -0.1) is 11.6 Å². The summed E-state index contributed by atoms with van der Waals surface area (Å²) in [6, 6.07) is 1.71. The number of halogens is 1. The molecule has 0 spiro atoms. The zero-order valence-electron chi connectivity index (χ0n) is 6.63. The molecule has 2 nitrogen and oxygen atoms in total. The monoisotopic (exact) mass is 169 g/mol. The summed E-state index contributed by atoms with van der Waals surface area (Å²) in [6.07, 6.45) is 2.76. The molecule has 0 aliphatic carbocycles. The van der Waals surface area contributed by atoms with Crippen LogP contribution in [0.2, 0.25) is 0 Å². The van der Waals surface area contributed by atoms with Gasteiger partial charge in [0.05, 0.1) is 17.8 Å². The largest absolute Gasteiger partial charge is 0.236 e. The van der Waals surface area contributed by atoms with E-state index in [1.165, 1.54) is 0 Å². The van der Waals surface area contributed by atoms with Crippen LogP contribution in [0, 0.1) is 6.20 Å². The minimum atomic E-state index is 0.342. The molecule has 0 fully saturated rings. The fraction of sp³-hybridized carbons (Fsp3) is 0.500. The normalized spacial score (nSPS) is 10.5. The molecule has 59 valence electrons. The molecule has 0 N–H and O–H groups in total. The Bertz CT molecular complexity index is 235. The first-order valence-corrected chi connectivity index (χ1v) is 4.07. The summed E-state index contributed by atoms with van der Waals surface area (Å²) in [5, 5.41) is 0. The van der Waals surface area contributed by atoms with E-state index in [9.17, 15) is 0 Å². The van der Waals surface area contributed by atoms with E-state index < -0.39 is 0 Å². The Morgan fingerprint density at radius 1 is 1.64 bits per heavy atom. The smallest absolute Gasteiger partial charge is 0.131 e. The highest BCUT2D eigenvalue weighted by molar-refractivity contribution is 6.16. The number of aromatic nitrogens is 2. The Morgan fingerprint density at radius 2 is 2.36 bits per heavy atom. The molecule has 1 heterocycles. The lowest BCUT2D eigenvalue weighted by Gasteiger charge is -2.02. The summed E-state index contributed by atoms with van der Waals surface area (Å²) in [5.41, 5.74) is 0.838. The van der Waals surface area contributed by atoms with Gasteiger partial charge < -0.3 is 0 Å². The Kier molecular flexibility index (Phi) is 2.83. The molecule has 0 bridgehead atoms. The number of alkyl halides is 1. The molecule has 0 unspecified atom stereocenters. The van der Waals surface area contributed by atoms with Crippen molar-refractivity contribution in [3.05, 3.63) is 23.8 Å². The van der Waals surface area contributed by atoms with Crippen LogP contribution in [-0.2, 0) is 5.88 Å². The zero-order chi connectivity index (χ0) is 8.27. The van der Waals surface area contributed by atoms with Gasteiger partial charge in [0.25, 0.3) is 0 Å². The van der Waals surface area contributed by atoms with Crippen molar-refractivity contribution in [2.24, 2.45) is 0 Å². The lowest BCUT2D eigenvalue weighted by molar-refractivity contribution is 0.763. The maximum Gasteiger partial charge on any atom is 0.131 e. The molecule has 1 rings (SSSR count). The van der Waals surface area contributed by atoms with Gasteiger partial charge in [-0.3, -0.25) is 0 Å². The topological polar surface area (TPSA) is 25.8 Å².